The monoisotopic (exact) mass is 303 g/mol. The Labute approximate surface area is 130 Å². The predicted octanol–water partition coefficient (Wildman–Crippen LogP) is 3.98. The highest BCUT2D eigenvalue weighted by atomic mass is 19.1. The first-order chi connectivity index (χ1) is 10.7. The Morgan fingerprint density at radius 1 is 1.27 bits per heavy atom. The predicted molar refractivity (Wildman–Crippen MR) is 82.9 cm³/mol. The van der Waals surface area contributed by atoms with Crippen LogP contribution < -0.4 is 5.32 Å². The van der Waals surface area contributed by atoms with Crippen LogP contribution in [0.2, 0.25) is 0 Å². The highest BCUT2D eigenvalue weighted by Crippen LogP contribution is 2.47. The van der Waals surface area contributed by atoms with Gasteiger partial charge in [-0.25, -0.2) is 4.39 Å². The normalized spacial score (nSPS) is 20.3. The lowest BCUT2D eigenvalue weighted by Crippen LogP contribution is -2.12. The average molecular weight is 303 g/mol. The molecule has 2 unspecified atom stereocenters. The molecule has 3 rings (SSSR count). The molecule has 2 aromatic rings. The van der Waals surface area contributed by atoms with Crippen molar-refractivity contribution in [3.8, 4) is 0 Å². The summed E-state index contributed by atoms with van der Waals surface area (Å²) in [5.74, 6) is 3.20. The van der Waals surface area contributed by atoms with E-state index in [1.165, 1.54) is 12.5 Å². The number of hydrogen-bond acceptors (Lipinski definition) is 3. The van der Waals surface area contributed by atoms with Crippen molar-refractivity contribution >= 4 is 0 Å². The lowest BCUT2D eigenvalue weighted by atomic mass is 10.1. The van der Waals surface area contributed by atoms with E-state index in [9.17, 15) is 4.39 Å². The second kappa shape index (κ2) is 6.63. The summed E-state index contributed by atoms with van der Waals surface area (Å²) < 4.78 is 24.4. The van der Waals surface area contributed by atoms with E-state index in [1.54, 1.807) is 13.2 Å². The molecule has 1 aliphatic carbocycles. The van der Waals surface area contributed by atoms with E-state index in [0.717, 1.165) is 23.0 Å². The molecule has 3 nitrogen and oxygen atoms in total. The smallest absolute Gasteiger partial charge is 0.128 e. The summed E-state index contributed by atoms with van der Waals surface area (Å²) in [5, 5.41) is 3.33. The van der Waals surface area contributed by atoms with Crippen molar-refractivity contribution in [2.24, 2.45) is 5.92 Å². The van der Waals surface area contributed by atoms with Gasteiger partial charge in [-0.1, -0.05) is 13.0 Å². The van der Waals surface area contributed by atoms with Crippen LogP contribution in [-0.4, -0.2) is 7.11 Å². The summed E-state index contributed by atoms with van der Waals surface area (Å²) in [6.07, 6.45) is 1.23. The zero-order chi connectivity index (χ0) is 15.5. The molecule has 1 aromatic carbocycles. The number of benzene rings is 1. The molecule has 22 heavy (non-hydrogen) atoms. The third-order valence-corrected chi connectivity index (χ3v) is 4.20. The summed E-state index contributed by atoms with van der Waals surface area (Å²) >= 11 is 0. The van der Waals surface area contributed by atoms with Crippen molar-refractivity contribution in [3.05, 3.63) is 58.8 Å². The summed E-state index contributed by atoms with van der Waals surface area (Å²) in [5.41, 5.74) is 1.63. The Balaban J connectivity index is 1.52. The van der Waals surface area contributed by atoms with Gasteiger partial charge in [0, 0.05) is 25.1 Å². The first-order valence-corrected chi connectivity index (χ1v) is 7.73. The van der Waals surface area contributed by atoms with E-state index in [-0.39, 0.29) is 5.82 Å². The van der Waals surface area contributed by atoms with Gasteiger partial charge in [0.15, 0.2) is 0 Å². The standard InChI is InChI=1S/C18H22FNO2/c1-12-7-16(12)18-6-4-15(22-18)10-20-9-13-3-5-17(19)14(8-13)11-21-2/h3-6,8,12,16,20H,7,9-11H2,1-2H3. The minimum Gasteiger partial charge on any atom is -0.464 e. The van der Waals surface area contributed by atoms with Crippen molar-refractivity contribution in [2.45, 2.75) is 39.0 Å². The topological polar surface area (TPSA) is 34.4 Å². The number of nitrogens with one attached hydrogen (secondary N) is 1. The molecule has 0 saturated heterocycles. The number of hydrogen-bond donors (Lipinski definition) is 1. The molecule has 1 aliphatic rings. The second-order valence-electron chi connectivity index (χ2n) is 6.09. The molecule has 4 heteroatoms. The highest BCUT2D eigenvalue weighted by Gasteiger charge is 2.36. The molecule has 0 radical (unpaired) electrons. The zero-order valence-electron chi connectivity index (χ0n) is 13.1. The van der Waals surface area contributed by atoms with Gasteiger partial charge in [-0.2, -0.15) is 0 Å². The Bertz CT molecular complexity index is 638. The van der Waals surface area contributed by atoms with Crippen LogP contribution in [0.4, 0.5) is 4.39 Å². The van der Waals surface area contributed by atoms with Crippen LogP contribution in [0, 0.1) is 11.7 Å². The molecule has 0 aliphatic heterocycles. The number of halogens is 1. The summed E-state index contributed by atoms with van der Waals surface area (Å²) in [6, 6.07) is 9.24. The summed E-state index contributed by atoms with van der Waals surface area (Å²) in [4.78, 5) is 0. The fourth-order valence-electron chi connectivity index (χ4n) is 2.74. The van der Waals surface area contributed by atoms with Gasteiger partial charge < -0.3 is 14.5 Å². The molecule has 2 atom stereocenters. The van der Waals surface area contributed by atoms with Gasteiger partial charge in [0.1, 0.15) is 17.3 Å². The number of methoxy groups -OCH3 is 1. The highest BCUT2D eigenvalue weighted by molar-refractivity contribution is 5.24. The first-order valence-electron chi connectivity index (χ1n) is 7.73. The Kier molecular flexibility index (Phi) is 4.60. The van der Waals surface area contributed by atoms with Crippen molar-refractivity contribution < 1.29 is 13.5 Å². The molecule has 0 bridgehead atoms. The molecule has 1 saturated carbocycles. The largest absolute Gasteiger partial charge is 0.464 e. The van der Waals surface area contributed by atoms with Crippen molar-refractivity contribution in [3.63, 3.8) is 0 Å². The molecular formula is C18H22FNO2. The molecule has 1 fully saturated rings. The van der Waals surface area contributed by atoms with Crippen LogP contribution >= 0.6 is 0 Å². The van der Waals surface area contributed by atoms with Gasteiger partial charge in [-0.05, 0) is 42.2 Å². The van der Waals surface area contributed by atoms with Gasteiger partial charge in [0.2, 0.25) is 0 Å². The molecule has 1 N–H and O–H groups in total. The Morgan fingerprint density at radius 3 is 2.82 bits per heavy atom. The van der Waals surface area contributed by atoms with E-state index >= 15 is 0 Å². The summed E-state index contributed by atoms with van der Waals surface area (Å²) in [6.45, 7) is 3.89. The van der Waals surface area contributed by atoms with Gasteiger partial charge in [0.05, 0.1) is 13.2 Å². The lowest BCUT2D eigenvalue weighted by Gasteiger charge is -2.07. The van der Waals surface area contributed by atoms with Gasteiger partial charge in [-0.3, -0.25) is 0 Å². The molecular weight excluding hydrogens is 281 g/mol. The minimum absolute atomic E-state index is 0.222. The maximum absolute atomic E-state index is 13.5. The summed E-state index contributed by atoms with van der Waals surface area (Å²) in [7, 11) is 1.57. The molecule has 1 aromatic heterocycles. The quantitative estimate of drug-likeness (QED) is 0.840. The van der Waals surface area contributed by atoms with Crippen LogP contribution in [0.3, 0.4) is 0 Å². The van der Waals surface area contributed by atoms with E-state index < -0.39 is 0 Å². The third kappa shape index (κ3) is 3.57. The Hall–Kier alpha value is -1.65. The van der Waals surface area contributed by atoms with E-state index in [1.807, 2.05) is 12.1 Å². The van der Waals surface area contributed by atoms with Crippen molar-refractivity contribution in [1.29, 1.82) is 0 Å². The average Bonchev–Trinajstić information content (AvgIpc) is 3.05. The van der Waals surface area contributed by atoms with Crippen LogP contribution in [0.25, 0.3) is 0 Å². The van der Waals surface area contributed by atoms with Crippen LogP contribution in [0.5, 0.6) is 0 Å². The van der Waals surface area contributed by atoms with E-state index in [4.69, 9.17) is 9.15 Å². The van der Waals surface area contributed by atoms with E-state index in [2.05, 4.69) is 18.3 Å². The van der Waals surface area contributed by atoms with Crippen LogP contribution in [0.1, 0.15) is 41.9 Å². The lowest BCUT2D eigenvalue weighted by molar-refractivity contribution is 0.181. The molecule has 118 valence electrons. The first kappa shape index (κ1) is 15.3. The second-order valence-corrected chi connectivity index (χ2v) is 6.09. The maximum Gasteiger partial charge on any atom is 0.128 e. The number of rotatable bonds is 7. The molecule has 0 spiro atoms. The molecule has 1 heterocycles. The Morgan fingerprint density at radius 2 is 2.09 bits per heavy atom. The minimum atomic E-state index is -0.222. The van der Waals surface area contributed by atoms with Gasteiger partial charge >= 0.3 is 0 Å². The molecule has 0 amide bonds. The van der Waals surface area contributed by atoms with Gasteiger partial charge in [-0.15, -0.1) is 0 Å². The zero-order valence-corrected chi connectivity index (χ0v) is 13.1. The van der Waals surface area contributed by atoms with Crippen LogP contribution in [0.15, 0.2) is 34.7 Å². The maximum atomic E-state index is 13.5. The fraction of sp³-hybridized carbons (Fsp3) is 0.444. The third-order valence-electron chi connectivity index (χ3n) is 4.20. The fourth-order valence-corrected chi connectivity index (χ4v) is 2.74. The van der Waals surface area contributed by atoms with E-state index in [0.29, 0.717) is 31.2 Å². The van der Waals surface area contributed by atoms with Crippen molar-refractivity contribution in [2.75, 3.05) is 7.11 Å². The van der Waals surface area contributed by atoms with Crippen LogP contribution in [-0.2, 0) is 24.4 Å². The number of ether oxygens (including phenoxy) is 1. The number of furan rings is 1. The van der Waals surface area contributed by atoms with Gasteiger partial charge in [0.25, 0.3) is 0 Å². The van der Waals surface area contributed by atoms with Crippen molar-refractivity contribution in [1.82, 2.24) is 5.32 Å². The SMILES string of the molecule is COCc1cc(CNCc2ccc(C3CC3C)o2)ccc1F.